The van der Waals surface area contributed by atoms with Crippen molar-refractivity contribution >= 4 is 51.7 Å². The Morgan fingerprint density at radius 3 is 2.57 bits per heavy atom. The minimum atomic E-state index is -3.18. The van der Waals surface area contributed by atoms with Crippen molar-refractivity contribution < 1.29 is 13.2 Å². The number of halogens is 1. The molecule has 0 aromatic heterocycles. The van der Waals surface area contributed by atoms with Gasteiger partial charge < -0.3 is 15.0 Å². The van der Waals surface area contributed by atoms with Crippen LogP contribution in [-0.4, -0.2) is 118 Å². The number of hydrogen-bond acceptors (Lipinski definition) is 6. The minimum Gasteiger partial charge on any atom is -0.379 e. The van der Waals surface area contributed by atoms with Gasteiger partial charge in [-0.1, -0.05) is 0 Å². The molecule has 0 aromatic rings. The highest BCUT2D eigenvalue weighted by molar-refractivity contribution is 14.0. The van der Waals surface area contributed by atoms with Crippen LogP contribution in [0.3, 0.4) is 0 Å². The lowest BCUT2D eigenvalue weighted by atomic mass is 10.1. The van der Waals surface area contributed by atoms with E-state index in [0.717, 1.165) is 69.8 Å². The Bertz CT molecular complexity index is 596. The Labute approximate surface area is 190 Å². The van der Waals surface area contributed by atoms with Crippen molar-refractivity contribution in [3.05, 3.63) is 0 Å². The van der Waals surface area contributed by atoms with Gasteiger partial charge in [0.25, 0.3) is 0 Å². The van der Waals surface area contributed by atoms with Gasteiger partial charge in [-0.2, -0.15) is 11.8 Å². The summed E-state index contributed by atoms with van der Waals surface area (Å²) in [7, 11) is -1.40. The van der Waals surface area contributed by atoms with E-state index in [9.17, 15) is 8.42 Å². The highest BCUT2D eigenvalue weighted by Gasteiger charge is 2.28. The van der Waals surface area contributed by atoms with Gasteiger partial charge in [0.2, 0.25) is 10.0 Å². The molecule has 0 radical (unpaired) electrons. The Kier molecular flexibility index (Phi) is 10.6. The van der Waals surface area contributed by atoms with E-state index < -0.39 is 10.0 Å². The lowest BCUT2D eigenvalue weighted by Crippen LogP contribution is -2.45. The molecule has 0 amide bonds. The number of likely N-dealkylation sites (tertiary alicyclic amines) is 1. The summed E-state index contributed by atoms with van der Waals surface area (Å²) < 4.78 is 32.0. The van der Waals surface area contributed by atoms with Crippen molar-refractivity contribution in [1.82, 2.24) is 19.4 Å². The maximum Gasteiger partial charge on any atom is 0.215 e. The topological polar surface area (TPSA) is 77.5 Å². The average molecular weight is 548 g/mol. The van der Waals surface area contributed by atoms with Crippen LogP contribution in [0.2, 0.25) is 0 Å². The summed E-state index contributed by atoms with van der Waals surface area (Å²) in [6.45, 7) is 8.47. The van der Waals surface area contributed by atoms with Crippen LogP contribution in [0, 0.1) is 5.92 Å². The van der Waals surface area contributed by atoms with Crippen LogP contribution >= 0.6 is 35.7 Å². The van der Waals surface area contributed by atoms with Crippen molar-refractivity contribution in [2.24, 2.45) is 10.9 Å². The van der Waals surface area contributed by atoms with Crippen molar-refractivity contribution in [2.75, 3.05) is 89.9 Å². The van der Waals surface area contributed by atoms with E-state index in [4.69, 9.17) is 4.74 Å². The van der Waals surface area contributed by atoms with Crippen LogP contribution in [-0.2, 0) is 14.8 Å². The molecule has 1 unspecified atom stereocenters. The lowest BCUT2D eigenvalue weighted by Gasteiger charge is -2.29. The summed E-state index contributed by atoms with van der Waals surface area (Å²) >= 11 is 1.82. The van der Waals surface area contributed by atoms with Gasteiger partial charge in [-0.25, -0.2) is 12.7 Å². The molecule has 0 bridgehead atoms. The predicted molar refractivity (Wildman–Crippen MR) is 126 cm³/mol. The first kappa shape index (κ1) is 24.4. The second-order valence-electron chi connectivity index (χ2n) is 7.32. The van der Waals surface area contributed by atoms with Gasteiger partial charge >= 0.3 is 0 Å². The molecule has 11 heteroatoms. The molecule has 28 heavy (non-hydrogen) atoms. The quantitative estimate of drug-likeness (QED) is 0.290. The van der Waals surface area contributed by atoms with E-state index in [-0.39, 0.29) is 29.7 Å². The number of nitrogens with zero attached hydrogens (tertiary/aromatic N) is 4. The summed E-state index contributed by atoms with van der Waals surface area (Å²) in [5.74, 6) is 3.38. The van der Waals surface area contributed by atoms with E-state index >= 15 is 0 Å². The fraction of sp³-hybridized carbons (Fsp3) is 0.941. The maximum atomic E-state index is 12.5. The first-order chi connectivity index (χ1) is 13.1. The second-order valence-corrected chi connectivity index (χ2v) is 10.6. The fourth-order valence-electron chi connectivity index (χ4n) is 3.90. The summed E-state index contributed by atoms with van der Waals surface area (Å²) in [5.41, 5.74) is 0. The van der Waals surface area contributed by atoms with E-state index in [2.05, 4.69) is 20.1 Å². The Hall–Kier alpha value is 0.180. The molecule has 3 fully saturated rings. The zero-order valence-electron chi connectivity index (χ0n) is 16.7. The standard InChI is InChI=1S/C17H33N5O3S2.HI/c1-18-17(19-3-13-27(23,24)22-7-11-26-12-8-22)21-4-2-16(15-21)14-20-5-9-25-10-6-20;/h16H,2-15H2,1H3,(H,18,19);1H. The third-order valence-electron chi connectivity index (χ3n) is 5.42. The molecule has 164 valence electrons. The number of rotatable bonds is 6. The summed E-state index contributed by atoms with van der Waals surface area (Å²) in [6.07, 6.45) is 1.15. The third-order valence-corrected chi connectivity index (χ3v) is 8.24. The molecular weight excluding hydrogens is 513 g/mol. The molecule has 0 saturated carbocycles. The van der Waals surface area contributed by atoms with Crippen LogP contribution in [0.5, 0.6) is 0 Å². The number of sulfonamides is 1. The first-order valence-electron chi connectivity index (χ1n) is 9.90. The Morgan fingerprint density at radius 2 is 1.89 bits per heavy atom. The van der Waals surface area contributed by atoms with Crippen molar-refractivity contribution in [2.45, 2.75) is 6.42 Å². The molecule has 3 heterocycles. The van der Waals surface area contributed by atoms with E-state index in [1.54, 1.807) is 11.4 Å². The van der Waals surface area contributed by atoms with E-state index in [1.165, 1.54) is 0 Å². The van der Waals surface area contributed by atoms with E-state index in [0.29, 0.717) is 25.6 Å². The molecule has 3 aliphatic heterocycles. The zero-order chi connectivity index (χ0) is 19.1. The molecule has 1 atom stereocenters. The van der Waals surface area contributed by atoms with Crippen LogP contribution in [0.4, 0.5) is 0 Å². The summed E-state index contributed by atoms with van der Waals surface area (Å²) in [6, 6.07) is 0. The van der Waals surface area contributed by atoms with Gasteiger partial charge in [-0.3, -0.25) is 9.89 Å². The molecule has 3 aliphatic rings. The normalized spacial score (nSPS) is 25.5. The molecule has 0 aromatic carbocycles. The van der Waals surface area contributed by atoms with Crippen LogP contribution in [0.1, 0.15) is 6.42 Å². The van der Waals surface area contributed by atoms with E-state index in [1.807, 2.05) is 11.8 Å². The highest BCUT2D eigenvalue weighted by atomic mass is 127. The SMILES string of the molecule is CN=C(NCCS(=O)(=O)N1CCSCC1)N1CCC(CN2CCOCC2)C1.I. The summed E-state index contributed by atoms with van der Waals surface area (Å²) in [4.78, 5) is 9.11. The molecule has 3 rings (SSSR count). The minimum absolute atomic E-state index is 0. The number of aliphatic imine (C=N–C) groups is 1. The van der Waals surface area contributed by atoms with Crippen LogP contribution < -0.4 is 5.32 Å². The number of nitrogens with one attached hydrogen (secondary N) is 1. The molecule has 1 N–H and O–H groups in total. The number of guanidine groups is 1. The van der Waals surface area contributed by atoms with Gasteiger partial charge in [0.1, 0.15) is 0 Å². The van der Waals surface area contributed by atoms with Gasteiger partial charge in [0, 0.05) is 70.9 Å². The molecule has 8 nitrogen and oxygen atoms in total. The largest absolute Gasteiger partial charge is 0.379 e. The van der Waals surface area contributed by atoms with Crippen LogP contribution in [0.25, 0.3) is 0 Å². The Morgan fingerprint density at radius 1 is 1.18 bits per heavy atom. The Balaban J connectivity index is 0.00000280. The van der Waals surface area contributed by atoms with Crippen molar-refractivity contribution in [3.8, 4) is 0 Å². The monoisotopic (exact) mass is 547 g/mol. The molecule has 0 spiro atoms. The van der Waals surface area contributed by atoms with Crippen LogP contribution in [0.15, 0.2) is 4.99 Å². The molecule has 3 saturated heterocycles. The van der Waals surface area contributed by atoms with Gasteiger partial charge in [-0.15, -0.1) is 24.0 Å². The van der Waals surface area contributed by atoms with Crippen molar-refractivity contribution in [1.29, 1.82) is 0 Å². The smallest absolute Gasteiger partial charge is 0.215 e. The predicted octanol–water partition coefficient (Wildman–Crippen LogP) is 0.213. The lowest BCUT2D eigenvalue weighted by molar-refractivity contribution is 0.0315. The number of thioether (sulfide) groups is 1. The number of hydrogen-bond donors (Lipinski definition) is 1. The maximum absolute atomic E-state index is 12.5. The van der Waals surface area contributed by atoms with Gasteiger partial charge in [0.05, 0.1) is 19.0 Å². The first-order valence-corrected chi connectivity index (χ1v) is 12.7. The van der Waals surface area contributed by atoms with Crippen molar-refractivity contribution in [3.63, 3.8) is 0 Å². The average Bonchev–Trinajstić information content (AvgIpc) is 3.15. The summed E-state index contributed by atoms with van der Waals surface area (Å²) in [5, 5.41) is 3.26. The van der Waals surface area contributed by atoms with Gasteiger partial charge in [0.15, 0.2) is 5.96 Å². The molecule has 0 aliphatic carbocycles. The molecular formula is C17H34IN5O3S2. The number of ether oxygens (including phenoxy) is 1. The highest BCUT2D eigenvalue weighted by Crippen LogP contribution is 2.18. The zero-order valence-corrected chi connectivity index (χ0v) is 20.7. The number of morpholine rings is 1. The fourth-order valence-corrected chi connectivity index (χ4v) is 6.39. The van der Waals surface area contributed by atoms with Gasteiger partial charge in [-0.05, 0) is 12.3 Å². The second kappa shape index (κ2) is 12.1. The third kappa shape index (κ3) is 7.15.